The molecule has 9 nitrogen and oxygen atoms in total. The molecule has 0 bridgehead atoms. The first-order valence-electron chi connectivity index (χ1n) is 6.80. The first kappa shape index (κ1) is 17.9. The number of aliphatic carboxylic acids is 4. The minimum atomic E-state index is -1.45. The van der Waals surface area contributed by atoms with Crippen LogP contribution in [0.15, 0.2) is 0 Å². The lowest BCUT2D eigenvalue weighted by Crippen LogP contribution is -2.52. The Morgan fingerprint density at radius 2 is 1.18 bits per heavy atom. The summed E-state index contributed by atoms with van der Waals surface area (Å²) in [6.07, 6.45) is -1.28. The number of hydrogen-bond acceptors (Lipinski definition) is 5. The van der Waals surface area contributed by atoms with Crippen molar-refractivity contribution in [3.8, 4) is 0 Å². The van der Waals surface area contributed by atoms with E-state index < -0.39 is 54.0 Å². The minimum absolute atomic E-state index is 0.0987. The summed E-state index contributed by atoms with van der Waals surface area (Å²) in [5, 5.41) is 39.6. The Kier molecular flexibility index (Phi) is 5.86. The van der Waals surface area contributed by atoms with E-state index in [-0.39, 0.29) is 12.8 Å². The molecule has 9 heteroatoms. The monoisotopic (exact) mass is 317 g/mol. The highest BCUT2D eigenvalue weighted by molar-refractivity contribution is 5.82. The van der Waals surface area contributed by atoms with E-state index in [0.29, 0.717) is 13.1 Å². The van der Waals surface area contributed by atoms with Crippen LogP contribution in [0, 0.1) is 17.3 Å². The van der Waals surface area contributed by atoms with E-state index in [0.717, 1.165) is 0 Å². The fourth-order valence-corrected chi connectivity index (χ4v) is 3.25. The molecular weight excluding hydrogens is 298 g/mol. The average Bonchev–Trinajstić information content (AvgIpc) is 2.42. The molecule has 0 aromatic heterocycles. The second-order valence-electron chi connectivity index (χ2n) is 5.46. The molecule has 0 aliphatic carbocycles. The maximum absolute atomic E-state index is 11.5. The van der Waals surface area contributed by atoms with Crippen molar-refractivity contribution in [3.05, 3.63) is 0 Å². The van der Waals surface area contributed by atoms with Crippen molar-refractivity contribution >= 4 is 23.9 Å². The predicted molar refractivity (Wildman–Crippen MR) is 71.3 cm³/mol. The van der Waals surface area contributed by atoms with E-state index in [2.05, 4.69) is 5.32 Å². The fourth-order valence-electron chi connectivity index (χ4n) is 3.25. The lowest BCUT2D eigenvalue weighted by molar-refractivity contribution is -0.167. The molecule has 1 rings (SSSR count). The lowest BCUT2D eigenvalue weighted by Gasteiger charge is -2.45. The van der Waals surface area contributed by atoms with Gasteiger partial charge in [0.25, 0.3) is 0 Å². The number of nitrogens with one attached hydrogen (secondary N) is 1. The van der Waals surface area contributed by atoms with Gasteiger partial charge in [0.1, 0.15) is 0 Å². The van der Waals surface area contributed by atoms with Crippen LogP contribution in [0.2, 0.25) is 0 Å². The number of carbonyl (C=O) groups is 4. The average molecular weight is 317 g/mol. The lowest BCUT2D eigenvalue weighted by atomic mass is 9.59. The van der Waals surface area contributed by atoms with Crippen molar-refractivity contribution in [1.82, 2.24) is 5.32 Å². The van der Waals surface area contributed by atoms with Gasteiger partial charge in [0.2, 0.25) is 0 Å². The molecule has 22 heavy (non-hydrogen) atoms. The van der Waals surface area contributed by atoms with Gasteiger partial charge in [0.05, 0.1) is 24.7 Å². The topological polar surface area (TPSA) is 161 Å². The third-order valence-corrected chi connectivity index (χ3v) is 4.28. The second kappa shape index (κ2) is 7.21. The Balaban J connectivity index is 3.31. The van der Waals surface area contributed by atoms with E-state index >= 15 is 0 Å². The van der Waals surface area contributed by atoms with Crippen LogP contribution in [-0.2, 0) is 19.2 Å². The first-order valence-corrected chi connectivity index (χ1v) is 6.80. The summed E-state index contributed by atoms with van der Waals surface area (Å²) >= 11 is 0. The van der Waals surface area contributed by atoms with Crippen molar-refractivity contribution in [3.63, 3.8) is 0 Å². The summed E-state index contributed by atoms with van der Waals surface area (Å²) < 4.78 is 0. The van der Waals surface area contributed by atoms with Gasteiger partial charge in [-0.05, 0) is 25.9 Å². The van der Waals surface area contributed by atoms with Gasteiger partial charge in [-0.15, -0.1) is 0 Å². The third-order valence-electron chi connectivity index (χ3n) is 4.28. The van der Waals surface area contributed by atoms with Gasteiger partial charge in [0.15, 0.2) is 0 Å². The van der Waals surface area contributed by atoms with Gasteiger partial charge in [-0.1, -0.05) is 0 Å². The van der Waals surface area contributed by atoms with Crippen molar-refractivity contribution in [2.45, 2.75) is 25.7 Å². The normalized spacial score (nSPS) is 19.8. The van der Waals surface area contributed by atoms with Gasteiger partial charge in [-0.3, -0.25) is 19.2 Å². The Morgan fingerprint density at radius 3 is 1.45 bits per heavy atom. The Bertz CT molecular complexity index is 433. The largest absolute Gasteiger partial charge is 0.481 e. The van der Waals surface area contributed by atoms with E-state index in [1.807, 2.05) is 0 Å². The molecule has 124 valence electrons. The van der Waals surface area contributed by atoms with Gasteiger partial charge < -0.3 is 25.7 Å². The van der Waals surface area contributed by atoms with Gasteiger partial charge >= 0.3 is 23.9 Å². The van der Waals surface area contributed by atoms with Crippen LogP contribution in [0.1, 0.15) is 25.7 Å². The molecular formula is C13H19NO8. The molecule has 1 fully saturated rings. The smallest absolute Gasteiger partial charge is 0.307 e. The molecule has 0 saturated carbocycles. The SMILES string of the molecule is O=C(O)CC(C(=O)O)C1(C(CC(=O)O)C(=O)O)CCNCC1. The number of carboxylic acids is 4. The van der Waals surface area contributed by atoms with E-state index in [1.54, 1.807) is 0 Å². The van der Waals surface area contributed by atoms with Crippen LogP contribution in [0.25, 0.3) is 0 Å². The zero-order valence-electron chi connectivity index (χ0n) is 11.8. The Morgan fingerprint density at radius 1 is 0.818 bits per heavy atom. The zero-order valence-corrected chi connectivity index (χ0v) is 11.8. The highest BCUT2D eigenvalue weighted by atomic mass is 16.4. The van der Waals surface area contributed by atoms with Crippen LogP contribution in [0.5, 0.6) is 0 Å². The predicted octanol–water partition coefficient (Wildman–Crippen LogP) is -0.293. The molecule has 0 radical (unpaired) electrons. The first-order chi connectivity index (χ1) is 10.2. The van der Waals surface area contributed by atoms with Crippen LogP contribution in [-0.4, -0.2) is 57.4 Å². The van der Waals surface area contributed by atoms with Gasteiger partial charge in [0, 0.05) is 5.41 Å². The summed E-state index contributed by atoms with van der Waals surface area (Å²) in [5.74, 6) is -8.45. The molecule has 2 unspecified atom stereocenters. The summed E-state index contributed by atoms with van der Waals surface area (Å²) in [6.45, 7) is 0.625. The highest BCUT2D eigenvalue weighted by Crippen LogP contribution is 2.47. The maximum Gasteiger partial charge on any atom is 0.307 e. The molecule has 1 heterocycles. The molecule has 5 N–H and O–H groups in total. The van der Waals surface area contributed by atoms with Gasteiger partial charge in [-0.2, -0.15) is 0 Å². The van der Waals surface area contributed by atoms with Crippen molar-refractivity contribution in [1.29, 1.82) is 0 Å². The standard InChI is InChI=1S/C13H19NO8/c15-9(16)5-7(11(19)20)13(1-3-14-4-2-13)8(12(21)22)6-10(17)18/h7-8,14H,1-6H2,(H,15,16)(H,17,18)(H,19,20)(H,21,22). The summed E-state index contributed by atoms with van der Waals surface area (Å²) in [6, 6.07) is 0. The summed E-state index contributed by atoms with van der Waals surface area (Å²) in [7, 11) is 0. The summed E-state index contributed by atoms with van der Waals surface area (Å²) in [5.41, 5.74) is -1.40. The molecule has 0 aromatic carbocycles. The number of piperidine rings is 1. The molecule has 1 aliphatic heterocycles. The van der Waals surface area contributed by atoms with Crippen LogP contribution in [0.3, 0.4) is 0 Å². The highest BCUT2D eigenvalue weighted by Gasteiger charge is 2.53. The van der Waals surface area contributed by atoms with E-state index in [4.69, 9.17) is 10.2 Å². The Labute approximate surface area is 125 Å². The van der Waals surface area contributed by atoms with E-state index in [9.17, 15) is 29.4 Å². The maximum atomic E-state index is 11.5. The molecule has 0 aromatic rings. The van der Waals surface area contributed by atoms with Crippen LogP contribution < -0.4 is 5.32 Å². The van der Waals surface area contributed by atoms with Crippen molar-refractivity contribution in [2.24, 2.45) is 17.3 Å². The zero-order chi connectivity index (χ0) is 16.9. The molecule has 1 saturated heterocycles. The second-order valence-corrected chi connectivity index (χ2v) is 5.46. The quantitative estimate of drug-likeness (QED) is 0.405. The van der Waals surface area contributed by atoms with Crippen molar-refractivity contribution < 1.29 is 39.6 Å². The molecule has 0 amide bonds. The molecule has 2 atom stereocenters. The van der Waals surface area contributed by atoms with Crippen LogP contribution >= 0.6 is 0 Å². The van der Waals surface area contributed by atoms with Crippen LogP contribution in [0.4, 0.5) is 0 Å². The third kappa shape index (κ3) is 3.94. The number of hydrogen-bond donors (Lipinski definition) is 5. The fraction of sp³-hybridized carbons (Fsp3) is 0.692. The van der Waals surface area contributed by atoms with Crippen molar-refractivity contribution in [2.75, 3.05) is 13.1 Å². The summed E-state index contributed by atoms with van der Waals surface area (Å²) in [4.78, 5) is 45.0. The van der Waals surface area contributed by atoms with E-state index in [1.165, 1.54) is 0 Å². The number of carboxylic acid groups (broad SMARTS) is 4. The minimum Gasteiger partial charge on any atom is -0.481 e. The Hall–Kier alpha value is -2.16. The van der Waals surface area contributed by atoms with Gasteiger partial charge in [-0.25, -0.2) is 0 Å². The number of rotatable bonds is 8. The molecule has 0 spiro atoms. The molecule has 1 aliphatic rings.